The SMILES string of the molecule is CC1(CO)CC(NC(=O)OCc2ccccc2)C1. The van der Waals surface area contributed by atoms with Crippen LogP contribution in [0.3, 0.4) is 0 Å². The Labute approximate surface area is 107 Å². The van der Waals surface area contributed by atoms with Crippen LogP contribution in [0.25, 0.3) is 0 Å². The minimum absolute atomic E-state index is 0.0304. The highest BCUT2D eigenvalue weighted by atomic mass is 16.5. The van der Waals surface area contributed by atoms with Crippen molar-refractivity contribution in [3.05, 3.63) is 35.9 Å². The molecule has 2 rings (SSSR count). The number of alkyl carbamates (subject to hydrolysis) is 1. The van der Waals surface area contributed by atoms with Gasteiger partial charge in [0.1, 0.15) is 6.61 Å². The number of aliphatic hydroxyl groups is 1. The summed E-state index contributed by atoms with van der Waals surface area (Å²) in [6.07, 6.45) is 1.23. The fourth-order valence-corrected chi connectivity index (χ4v) is 2.29. The van der Waals surface area contributed by atoms with E-state index in [0.29, 0.717) is 0 Å². The Morgan fingerprint density at radius 2 is 2.11 bits per heavy atom. The average Bonchev–Trinajstić information content (AvgIpc) is 2.35. The maximum atomic E-state index is 11.5. The molecule has 0 heterocycles. The first-order valence-electron chi connectivity index (χ1n) is 6.19. The summed E-state index contributed by atoms with van der Waals surface area (Å²) < 4.78 is 5.12. The number of ether oxygens (including phenoxy) is 1. The van der Waals surface area contributed by atoms with Gasteiger partial charge in [-0.2, -0.15) is 0 Å². The number of hydrogen-bond donors (Lipinski definition) is 2. The van der Waals surface area contributed by atoms with E-state index in [0.717, 1.165) is 18.4 Å². The summed E-state index contributed by atoms with van der Waals surface area (Å²) in [6.45, 7) is 2.47. The van der Waals surface area contributed by atoms with Gasteiger partial charge < -0.3 is 15.2 Å². The lowest BCUT2D eigenvalue weighted by molar-refractivity contribution is 0.0293. The predicted molar refractivity (Wildman–Crippen MR) is 68.0 cm³/mol. The molecule has 4 nitrogen and oxygen atoms in total. The van der Waals surface area contributed by atoms with E-state index < -0.39 is 0 Å². The van der Waals surface area contributed by atoms with Crippen molar-refractivity contribution in [3.8, 4) is 0 Å². The van der Waals surface area contributed by atoms with Crippen molar-refractivity contribution < 1.29 is 14.6 Å². The summed E-state index contributed by atoms with van der Waals surface area (Å²) in [6, 6.07) is 9.71. The third-order valence-electron chi connectivity index (χ3n) is 3.39. The van der Waals surface area contributed by atoms with E-state index >= 15 is 0 Å². The van der Waals surface area contributed by atoms with Gasteiger partial charge >= 0.3 is 6.09 Å². The Hall–Kier alpha value is -1.55. The monoisotopic (exact) mass is 249 g/mol. The molecule has 1 saturated carbocycles. The number of amides is 1. The number of rotatable bonds is 4. The minimum atomic E-state index is -0.385. The second kappa shape index (κ2) is 5.40. The maximum absolute atomic E-state index is 11.5. The fourth-order valence-electron chi connectivity index (χ4n) is 2.29. The van der Waals surface area contributed by atoms with E-state index in [2.05, 4.69) is 5.32 Å². The van der Waals surface area contributed by atoms with E-state index in [1.54, 1.807) is 0 Å². The van der Waals surface area contributed by atoms with E-state index in [1.807, 2.05) is 37.3 Å². The first-order chi connectivity index (χ1) is 8.61. The first-order valence-corrected chi connectivity index (χ1v) is 6.19. The largest absolute Gasteiger partial charge is 0.445 e. The highest BCUT2D eigenvalue weighted by molar-refractivity contribution is 5.67. The lowest BCUT2D eigenvalue weighted by Crippen LogP contribution is -2.51. The molecule has 1 aliphatic rings. The van der Waals surface area contributed by atoms with Crippen molar-refractivity contribution in [2.45, 2.75) is 32.4 Å². The molecule has 0 saturated heterocycles. The summed E-state index contributed by atoms with van der Waals surface area (Å²) in [7, 11) is 0. The van der Waals surface area contributed by atoms with Gasteiger partial charge in [0.25, 0.3) is 0 Å². The molecule has 0 bridgehead atoms. The Morgan fingerprint density at radius 1 is 1.44 bits per heavy atom. The summed E-state index contributed by atoms with van der Waals surface area (Å²) in [5.41, 5.74) is 0.943. The number of nitrogens with one attached hydrogen (secondary N) is 1. The second-order valence-corrected chi connectivity index (χ2v) is 5.28. The summed E-state index contributed by atoms with van der Waals surface area (Å²) in [5.74, 6) is 0. The highest BCUT2D eigenvalue weighted by Gasteiger charge is 2.40. The Balaban J connectivity index is 1.68. The lowest BCUT2D eigenvalue weighted by Gasteiger charge is -2.43. The minimum Gasteiger partial charge on any atom is -0.445 e. The maximum Gasteiger partial charge on any atom is 0.407 e. The third kappa shape index (κ3) is 3.23. The van der Waals surface area contributed by atoms with Gasteiger partial charge in [-0.15, -0.1) is 0 Å². The zero-order chi connectivity index (χ0) is 13.0. The number of hydrogen-bond acceptors (Lipinski definition) is 3. The number of carbonyl (C=O) groups excluding carboxylic acids is 1. The van der Waals surface area contributed by atoms with E-state index in [1.165, 1.54) is 0 Å². The Bertz CT molecular complexity index is 399. The average molecular weight is 249 g/mol. The van der Waals surface area contributed by atoms with Crippen LogP contribution in [0.15, 0.2) is 30.3 Å². The Kier molecular flexibility index (Phi) is 3.87. The van der Waals surface area contributed by atoms with Crippen LogP contribution in [-0.4, -0.2) is 23.8 Å². The topological polar surface area (TPSA) is 58.6 Å². The molecule has 0 radical (unpaired) electrons. The molecular formula is C14H19NO3. The van der Waals surface area contributed by atoms with Crippen LogP contribution in [0.2, 0.25) is 0 Å². The molecule has 1 aliphatic carbocycles. The molecule has 0 unspecified atom stereocenters. The molecule has 0 aliphatic heterocycles. The van der Waals surface area contributed by atoms with Crippen molar-refractivity contribution >= 4 is 6.09 Å². The molecule has 1 amide bonds. The van der Waals surface area contributed by atoms with Crippen LogP contribution in [0, 0.1) is 5.41 Å². The van der Waals surface area contributed by atoms with Crippen LogP contribution in [0.1, 0.15) is 25.3 Å². The van der Waals surface area contributed by atoms with Gasteiger partial charge in [0, 0.05) is 12.6 Å². The molecule has 0 aromatic heterocycles. The number of aliphatic hydroxyl groups excluding tert-OH is 1. The molecule has 1 aromatic carbocycles. The zero-order valence-corrected chi connectivity index (χ0v) is 10.6. The summed E-state index contributed by atoms with van der Waals surface area (Å²) in [5, 5.41) is 11.9. The fraction of sp³-hybridized carbons (Fsp3) is 0.500. The molecule has 2 N–H and O–H groups in total. The first kappa shape index (κ1) is 12.9. The highest BCUT2D eigenvalue weighted by Crippen LogP contribution is 2.39. The Morgan fingerprint density at radius 3 is 2.72 bits per heavy atom. The van der Waals surface area contributed by atoms with Crippen LogP contribution in [0.4, 0.5) is 4.79 Å². The van der Waals surface area contributed by atoms with Crippen LogP contribution in [-0.2, 0) is 11.3 Å². The van der Waals surface area contributed by atoms with Gasteiger partial charge in [0.15, 0.2) is 0 Å². The smallest absolute Gasteiger partial charge is 0.407 e. The number of carbonyl (C=O) groups is 1. The summed E-state index contributed by atoms with van der Waals surface area (Å²) in [4.78, 5) is 11.5. The van der Waals surface area contributed by atoms with Gasteiger partial charge in [0.05, 0.1) is 0 Å². The van der Waals surface area contributed by atoms with Crippen molar-refractivity contribution in [2.24, 2.45) is 5.41 Å². The van der Waals surface area contributed by atoms with Gasteiger partial charge in [0.2, 0.25) is 0 Å². The molecular weight excluding hydrogens is 230 g/mol. The summed E-state index contributed by atoms with van der Waals surface area (Å²) >= 11 is 0. The van der Waals surface area contributed by atoms with Gasteiger partial charge in [-0.1, -0.05) is 37.3 Å². The van der Waals surface area contributed by atoms with E-state index in [9.17, 15) is 4.79 Å². The van der Waals surface area contributed by atoms with Crippen LogP contribution in [0.5, 0.6) is 0 Å². The number of benzene rings is 1. The molecule has 1 aromatic rings. The van der Waals surface area contributed by atoms with Crippen LogP contribution >= 0.6 is 0 Å². The van der Waals surface area contributed by atoms with Crippen molar-refractivity contribution in [2.75, 3.05) is 6.61 Å². The molecule has 0 atom stereocenters. The normalized spacial score (nSPS) is 26.2. The molecule has 18 heavy (non-hydrogen) atoms. The second-order valence-electron chi connectivity index (χ2n) is 5.28. The van der Waals surface area contributed by atoms with Crippen LogP contribution < -0.4 is 5.32 Å². The lowest BCUT2D eigenvalue weighted by atomic mass is 9.67. The van der Waals surface area contributed by atoms with Gasteiger partial charge in [-0.3, -0.25) is 0 Å². The molecule has 1 fully saturated rings. The van der Waals surface area contributed by atoms with E-state index in [4.69, 9.17) is 9.84 Å². The van der Waals surface area contributed by atoms with Crippen molar-refractivity contribution in [1.82, 2.24) is 5.32 Å². The third-order valence-corrected chi connectivity index (χ3v) is 3.39. The van der Waals surface area contributed by atoms with Gasteiger partial charge in [-0.05, 0) is 23.8 Å². The molecule has 4 heteroatoms. The van der Waals surface area contributed by atoms with Gasteiger partial charge in [-0.25, -0.2) is 4.79 Å². The van der Waals surface area contributed by atoms with Crippen molar-refractivity contribution in [3.63, 3.8) is 0 Å². The quantitative estimate of drug-likeness (QED) is 0.859. The molecule has 98 valence electrons. The molecule has 0 spiro atoms. The van der Waals surface area contributed by atoms with E-state index in [-0.39, 0.29) is 30.8 Å². The zero-order valence-electron chi connectivity index (χ0n) is 10.6. The standard InChI is InChI=1S/C14H19NO3/c1-14(10-16)7-12(8-14)15-13(17)18-9-11-5-3-2-4-6-11/h2-6,12,16H,7-10H2,1H3,(H,15,17). The predicted octanol–water partition coefficient (Wildman–Crippen LogP) is 2.07. The van der Waals surface area contributed by atoms with Crippen molar-refractivity contribution in [1.29, 1.82) is 0 Å².